The third-order valence-electron chi connectivity index (χ3n) is 4.65. The number of hydrogen-bond donors (Lipinski definition) is 1. The van der Waals surface area contributed by atoms with Gasteiger partial charge in [-0.05, 0) is 30.3 Å². The number of nitrogens with zero attached hydrogens (tertiary/aromatic N) is 2. The van der Waals surface area contributed by atoms with Crippen molar-refractivity contribution in [1.82, 2.24) is 4.90 Å². The topological polar surface area (TPSA) is 35.9 Å². The van der Waals surface area contributed by atoms with E-state index in [1.165, 1.54) is 18.2 Å². The Balaban J connectivity index is 1.47. The van der Waals surface area contributed by atoms with Gasteiger partial charge >= 0.3 is 6.18 Å². The van der Waals surface area contributed by atoms with Crippen LogP contribution in [-0.4, -0.2) is 55.4 Å². The molecule has 0 radical (unpaired) electrons. The number of β-amino-alcohol motifs (C(OH)–C–C–N with tert-alkyl or cyclic N) is 1. The first-order valence-corrected chi connectivity index (χ1v) is 9.03. The Morgan fingerprint density at radius 1 is 1.00 bits per heavy atom. The zero-order chi connectivity index (χ0) is 20.1. The van der Waals surface area contributed by atoms with E-state index in [1.54, 1.807) is 18.2 Å². The monoisotopic (exact) mass is 398 g/mol. The van der Waals surface area contributed by atoms with E-state index in [1.807, 2.05) is 9.80 Å². The largest absolute Gasteiger partial charge is 0.488 e. The summed E-state index contributed by atoms with van der Waals surface area (Å²) < 4.78 is 57.4. The standard InChI is InChI=1S/C20H22F4N2O2/c21-18-6-1-2-7-19(18)28-14-17(27)13-25-8-10-26(11-9-25)16-5-3-4-15(12-16)20(22,23)24/h1-7,12,17,27H,8-11,13-14H2/t17-/m1/s1. The lowest BCUT2D eigenvalue weighted by molar-refractivity contribution is -0.137. The third kappa shape index (κ3) is 5.36. The smallest absolute Gasteiger partial charge is 0.416 e. The van der Waals surface area contributed by atoms with E-state index in [2.05, 4.69) is 0 Å². The quantitative estimate of drug-likeness (QED) is 0.757. The highest BCUT2D eigenvalue weighted by atomic mass is 19.4. The lowest BCUT2D eigenvalue weighted by Crippen LogP contribution is -2.49. The number of para-hydroxylation sites is 1. The zero-order valence-electron chi connectivity index (χ0n) is 15.2. The minimum atomic E-state index is -4.36. The molecule has 8 heteroatoms. The van der Waals surface area contributed by atoms with Gasteiger partial charge in [-0.2, -0.15) is 13.2 Å². The number of halogens is 4. The maximum atomic E-state index is 13.5. The van der Waals surface area contributed by atoms with Gasteiger partial charge in [0.2, 0.25) is 0 Å². The van der Waals surface area contributed by atoms with Gasteiger partial charge in [-0.3, -0.25) is 4.90 Å². The highest BCUT2D eigenvalue weighted by molar-refractivity contribution is 5.49. The highest BCUT2D eigenvalue weighted by Gasteiger charge is 2.31. The van der Waals surface area contributed by atoms with Crippen molar-refractivity contribution in [1.29, 1.82) is 0 Å². The summed E-state index contributed by atoms with van der Waals surface area (Å²) in [7, 11) is 0. The van der Waals surface area contributed by atoms with E-state index in [-0.39, 0.29) is 12.4 Å². The molecular formula is C20H22F4N2O2. The molecule has 2 aromatic carbocycles. The van der Waals surface area contributed by atoms with Gasteiger partial charge in [0.15, 0.2) is 11.6 Å². The maximum absolute atomic E-state index is 13.5. The first kappa shape index (κ1) is 20.4. The number of benzene rings is 2. The Kier molecular flexibility index (Phi) is 6.41. The van der Waals surface area contributed by atoms with Crippen LogP contribution < -0.4 is 9.64 Å². The van der Waals surface area contributed by atoms with Gasteiger partial charge in [-0.15, -0.1) is 0 Å². The van der Waals surface area contributed by atoms with Crippen molar-refractivity contribution in [3.63, 3.8) is 0 Å². The second-order valence-corrected chi connectivity index (χ2v) is 6.73. The predicted molar refractivity (Wildman–Crippen MR) is 98.0 cm³/mol. The number of alkyl halides is 3. The van der Waals surface area contributed by atoms with E-state index < -0.39 is 23.7 Å². The van der Waals surface area contributed by atoms with Crippen LogP contribution in [0.25, 0.3) is 0 Å². The lowest BCUT2D eigenvalue weighted by Gasteiger charge is -2.37. The Morgan fingerprint density at radius 3 is 2.39 bits per heavy atom. The van der Waals surface area contributed by atoms with Crippen LogP contribution >= 0.6 is 0 Å². The summed E-state index contributed by atoms with van der Waals surface area (Å²) in [5.74, 6) is -0.389. The first-order valence-electron chi connectivity index (χ1n) is 9.03. The zero-order valence-corrected chi connectivity index (χ0v) is 15.2. The average molecular weight is 398 g/mol. The molecule has 0 aromatic heterocycles. The first-order chi connectivity index (χ1) is 13.3. The van der Waals surface area contributed by atoms with Gasteiger partial charge in [0.25, 0.3) is 0 Å². The van der Waals surface area contributed by atoms with Crippen LogP contribution in [-0.2, 0) is 6.18 Å². The second-order valence-electron chi connectivity index (χ2n) is 6.73. The summed E-state index contributed by atoms with van der Waals surface area (Å²) in [5, 5.41) is 10.1. The summed E-state index contributed by atoms with van der Waals surface area (Å²) in [6.07, 6.45) is -5.15. The average Bonchev–Trinajstić information content (AvgIpc) is 2.67. The number of aliphatic hydroxyl groups is 1. The van der Waals surface area contributed by atoms with Crippen molar-refractivity contribution in [3.8, 4) is 5.75 Å². The van der Waals surface area contributed by atoms with Crippen LogP contribution in [0.1, 0.15) is 5.56 Å². The SMILES string of the molecule is O[C@@H](COc1ccccc1F)CN1CCN(c2cccc(C(F)(F)F)c2)CC1. The summed E-state index contributed by atoms with van der Waals surface area (Å²) in [6.45, 7) is 2.64. The van der Waals surface area contributed by atoms with Crippen LogP contribution in [0.4, 0.5) is 23.2 Å². The predicted octanol–water partition coefficient (Wildman–Crippen LogP) is 3.41. The van der Waals surface area contributed by atoms with Crippen molar-refractivity contribution in [2.24, 2.45) is 0 Å². The fourth-order valence-electron chi connectivity index (χ4n) is 3.17. The van der Waals surface area contributed by atoms with E-state index in [4.69, 9.17) is 4.74 Å². The molecule has 1 aliphatic rings. The Bertz CT molecular complexity index is 777. The van der Waals surface area contributed by atoms with Crippen molar-refractivity contribution in [2.45, 2.75) is 12.3 Å². The molecule has 0 unspecified atom stereocenters. The van der Waals surface area contributed by atoms with Gasteiger partial charge in [0.1, 0.15) is 12.7 Å². The van der Waals surface area contributed by atoms with Gasteiger partial charge in [0, 0.05) is 38.4 Å². The Morgan fingerprint density at radius 2 is 1.71 bits per heavy atom. The number of anilines is 1. The molecule has 4 nitrogen and oxygen atoms in total. The van der Waals surface area contributed by atoms with Crippen LogP contribution in [0.2, 0.25) is 0 Å². The summed E-state index contributed by atoms with van der Waals surface area (Å²) >= 11 is 0. The van der Waals surface area contributed by atoms with E-state index in [0.717, 1.165) is 12.1 Å². The molecule has 0 saturated carbocycles. The molecule has 1 atom stereocenters. The number of ether oxygens (including phenoxy) is 1. The number of aliphatic hydroxyl groups excluding tert-OH is 1. The molecule has 28 heavy (non-hydrogen) atoms. The number of rotatable bonds is 6. The molecule has 2 aromatic rings. The van der Waals surface area contributed by atoms with Gasteiger partial charge in [0.05, 0.1) is 5.56 Å². The van der Waals surface area contributed by atoms with Crippen LogP contribution in [0.5, 0.6) is 5.75 Å². The summed E-state index contributed by atoms with van der Waals surface area (Å²) in [4.78, 5) is 3.91. The van der Waals surface area contributed by atoms with Crippen LogP contribution in [0, 0.1) is 5.82 Å². The molecular weight excluding hydrogens is 376 g/mol. The molecule has 3 rings (SSSR count). The van der Waals surface area contributed by atoms with Crippen molar-refractivity contribution < 1.29 is 27.4 Å². The number of hydrogen-bond acceptors (Lipinski definition) is 4. The number of piperazine rings is 1. The second kappa shape index (κ2) is 8.79. The minimum absolute atomic E-state index is 0.0330. The lowest BCUT2D eigenvalue weighted by atomic mass is 10.1. The van der Waals surface area contributed by atoms with Crippen molar-refractivity contribution in [3.05, 3.63) is 59.9 Å². The normalized spacial score (nSPS) is 16.8. The van der Waals surface area contributed by atoms with Crippen molar-refractivity contribution in [2.75, 3.05) is 44.2 Å². The molecule has 1 aliphatic heterocycles. The fourth-order valence-corrected chi connectivity index (χ4v) is 3.17. The molecule has 1 saturated heterocycles. The highest BCUT2D eigenvalue weighted by Crippen LogP contribution is 2.31. The fraction of sp³-hybridized carbons (Fsp3) is 0.400. The Hall–Kier alpha value is -2.32. The molecule has 1 heterocycles. The van der Waals surface area contributed by atoms with Gasteiger partial charge in [-0.25, -0.2) is 4.39 Å². The Labute approximate surface area is 160 Å². The van der Waals surface area contributed by atoms with Crippen molar-refractivity contribution >= 4 is 5.69 Å². The third-order valence-corrected chi connectivity index (χ3v) is 4.65. The summed E-state index contributed by atoms with van der Waals surface area (Å²) in [6, 6.07) is 11.3. The molecule has 1 fully saturated rings. The molecule has 0 amide bonds. The molecule has 0 bridgehead atoms. The van der Waals surface area contributed by atoms with Gasteiger partial charge < -0.3 is 14.7 Å². The van der Waals surface area contributed by atoms with Crippen LogP contribution in [0.3, 0.4) is 0 Å². The summed E-state index contributed by atoms with van der Waals surface area (Å²) in [5.41, 5.74) is -0.119. The molecule has 0 aliphatic carbocycles. The van der Waals surface area contributed by atoms with E-state index in [9.17, 15) is 22.7 Å². The molecule has 152 valence electrons. The maximum Gasteiger partial charge on any atom is 0.416 e. The van der Waals surface area contributed by atoms with Gasteiger partial charge in [-0.1, -0.05) is 18.2 Å². The van der Waals surface area contributed by atoms with E-state index >= 15 is 0 Å². The molecule has 0 spiro atoms. The van der Waals surface area contributed by atoms with E-state index in [0.29, 0.717) is 38.4 Å². The minimum Gasteiger partial charge on any atom is -0.488 e. The molecule has 1 N–H and O–H groups in total. The van der Waals surface area contributed by atoms with Crippen LogP contribution in [0.15, 0.2) is 48.5 Å².